The number of pyridine rings is 1. The first-order chi connectivity index (χ1) is 11.2. The van der Waals surface area contributed by atoms with Crippen molar-refractivity contribution in [2.24, 2.45) is 0 Å². The fourth-order valence-corrected chi connectivity index (χ4v) is 3.75. The molecule has 3 rings (SSSR count). The second-order valence-electron chi connectivity index (χ2n) is 7.15. The third-order valence-corrected chi connectivity index (χ3v) is 5.07. The van der Waals surface area contributed by atoms with Crippen LogP contribution in [0, 0.1) is 0 Å². The zero-order valence-corrected chi connectivity index (χ0v) is 14.9. The summed E-state index contributed by atoms with van der Waals surface area (Å²) in [4.78, 5) is 5.11. The van der Waals surface area contributed by atoms with Crippen molar-refractivity contribution in [3.05, 3.63) is 40.6 Å². The maximum atomic E-state index is 5.11. The molecule has 0 aliphatic heterocycles. The topological polar surface area (TPSA) is 24.9 Å². The highest BCUT2D eigenvalue weighted by molar-refractivity contribution is 5.87. The highest BCUT2D eigenvalue weighted by Gasteiger charge is 2.19. The number of fused-ring (bicyclic) bond motifs is 2. The number of benzene rings is 1. The fraction of sp³-hybridized carbons (Fsp3) is 0.571. The number of aromatic nitrogens is 1. The number of hydrogen-bond acceptors (Lipinski definition) is 2. The summed E-state index contributed by atoms with van der Waals surface area (Å²) in [6.07, 6.45) is 7.46. The molecule has 0 spiro atoms. The first kappa shape index (κ1) is 16.4. The molecule has 0 unspecified atom stereocenters. The van der Waals surface area contributed by atoms with Crippen LogP contribution in [0.25, 0.3) is 10.9 Å². The molecule has 0 saturated heterocycles. The van der Waals surface area contributed by atoms with Gasteiger partial charge in [-0.2, -0.15) is 0 Å². The van der Waals surface area contributed by atoms with Gasteiger partial charge in [-0.05, 0) is 61.3 Å². The maximum Gasteiger partial charge on any atom is 0.0743 e. The SMILES string of the molecule is CCCCNCc1c2c(nc3c(C(C)C)cccc13)CCCC2. The standard InChI is InChI=1S/C21H30N2/c1-4-5-13-22-14-19-17-9-6-7-12-20(17)23-21-16(15(2)3)10-8-11-18(19)21/h8,10-11,15,22H,4-7,9,12-14H2,1-3H3. The van der Waals surface area contributed by atoms with Crippen LogP contribution in [-0.4, -0.2) is 11.5 Å². The monoisotopic (exact) mass is 310 g/mol. The zero-order chi connectivity index (χ0) is 16.2. The van der Waals surface area contributed by atoms with Crippen molar-refractivity contribution < 1.29 is 0 Å². The molecule has 1 aliphatic rings. The van der Waals surface area contributed by atoms with Crippen LogP contribution >= 0.6 is 0 Å². The van der Waals surface area contributed by atoms with Crippen molar-refractivity contribution in [2.45, 2.75) is 71.8 Å². The Balaban J connectivity index is 2.08. The Kier molecular flexibility index (Phi) is 5.32. The summed E-state index contributed by atoms with van der Waals surface area (Å²) < 4.78 is 0. The van der Waals surface area contributed by atoms with Crippen LogP contribution in [0.3, 0.4) is 0 Å². The van der Waals surface area contributed by atoms with Gasteiger partial charge in [-0.1, -0.05) is 45.4 Å². The molecule has 1 aromatic carbocycles. The minimum Gasteiger partial charge on any atom is -0.313 e. The number of aryl methyl sites for hydroxylation is 1. The molecule has 1 aliphatic carbocycles. The molecule has 1 aromatic heterocycles. The van der Waals surface area contributed by atoms with E-state index in [-0.39, 0.29) is 0 Å². The fourth-order valence-electron chi connectivity index (χ4n) is 3.75. The number of hydrogen-bond donors (Lipinski definition) is 1. The van der Waals surface area contributed by atoms with Gasteiger partial charge >= 0.3 is 0 Å². The first-order valence-corrected chi connectivity index (χ1v) is 9.36. The molecule has 2 heteroatoms. The van der Waals surface area contributed by atoms with E-state index in [0.29, 0.717) is 5.92 Å². The molecule has 0 bridgehead atoms. The summed E-state index contributed by atoms with van der Waals surface area (Å²) in [5.41, 5.74) is 7.06. The molecule has 2 nitrogen and oxygen atoms in total. The number of unbranched alkanes of at least 4 members (excludes halogenated alkanes) is 1. The van der Waals surface area contributed by atoms with Gasteiger partial charge in [0.05, 0.1) is 5.52 Å². The van der Waals surface area contributed by atoms with E-state index in [1.807, 2.05) is 0 Å². The van der Waals surface area contributed by atoms with Gasteiger partial charge in [0, 0.05) is 17.6 Å². The quantitative estimate of drug-likeness (QED) is 0.748. The normalized spacial score (nSPS) is 14.4. The first-order valence-electron chi connectivity index (χ1n) is 9.36. The van der Waals surface area contributed by atoms with Crippen molar-refractivity contribution in [3.8, 4) is 0 Å². The Morgan fingerprint density at radius 1 is 1.17 bits per heavy atom. The molecule has 1 heterocycles. The summed E-state index contributed by atoms with van der Waals surface area (Å²) in [6, 6.07) is 6.74. The third-order valence-electron chi connectivity index (χ3n) is 5.07. The van der Waals surface area contributed by atoms with Crippen LogP contribution in [0.4, 0.5) is 0 Å². The summed E-state index contributed by atoms with van der Waals surface area (Å²) in [5, 5.41) is 5.04. The Labute approximate surface area is 140 Å². The smallest absolute Gasteiger partial charge is 0.0743 e. The summed E-state index contributed by atoms with van der Waals surface area (Å²) in [5.74, 6) is 0.522. The predicted molar refractivity (Wildman–Crippen MR) is 99.1 cm³/mol. The molecular formula is C21H30N2. The van der Waals surface area contributed by atoms with E-state index in [1.165, 1.54) is 65.4 Å². The third kappa shape index (κ3) is 3.42. The van der Waals surface area contributed by atoms with Crippen LogP contribution in [-0.2, 0) is 19.4 Å². The van der Waals surface area contributed by atoms with Gasteiger partial charge in [0.2, 0.25) is 0 Å². The summed E-state index contributed by atoms with van der Waals surface area (Å²) in [6.45, 7) is 8.90. The molecule has 124 valence electrons. The van der Waals surface area contributed by atoms with E-state index in [1.54, 1.807) is 0 Å². The van der Waals surface area contributed by atoms with Gasteiger partial charge in [0.15, 0.2) is 0 Å². The van der Waals surface area contributed by atoms with Gasteiger partial charge in [-0.15, -0.1) is 0 Å². The number of nitrogens with zero attached hydrogens (tertiary/aromatic N) is 1. The average Bonchev–Trinajstić information content (AvgIpc) is 2.57. The lowest BCUT2D eigenvalue weighted by molar-refractivity contribution is 0.624. The molecule has 0 fully saturated rings. The van der Waals surface area contributed by atoms with E-state index in [2.05, 4.69) is 44.3 Å². The minimum atomic E-state index is 0.522. The number of para-hydroxylation sites is 1. The molecule has 0 saturated carbocycles. The largest absolute Gasteiger partial charge is 0.313 e. The highest BCUT2D eigenvalue weighted by atomic mass is 14.8. The second-order valence-corrected chi connectivity index (χ2v) is 7.15. The molecule has 1 N–H and O–H groups in total. The van der Waals surface area contributed by atoms with Crippen LogP contribution in [0.2, 0.25) is 0 Å². The molecule has 0 radical (unpaired) electrons. The van der Waals surface area contributed by atoms with Crippen molar-refractivity contribution in [3.63, 3.8) is 0 Å². The van der Waals surface area contributed by atoms with E-state index < -0.39 is 0 Å². The Hall–Kier alpha value is -1.41. The van der Waals surface area contributed by atoms with Gasteiger partial charge in [0.25, 0.3) is 0 Å². The predicted octanol–water partition coefficient (Wildman–Crippen LogP) is 5.13. The van der Waals surface area contributed by atoms with Crippen molar-refractivity contribution in [1.82, 2.24) is 10.3 Å². The van der Waals surface area contributed by atoms with Crippen molar-refractivity contribution in [2.75, 3.05) is 6.54 Å². The lowest BCUT2D eigenvalue weighted by Crippen LogP contribution is -2.19. The van der Waals surface area contributed by atoms with Crippen molar-refractivity contribution in [1.29, 1.82) is 0 Å². The van der Waals surface area contributed by atoms with Crippen molar-refractivity contribution >= 4 is 10.9 Å². The van der Waals surface area contributed by atoms with Gasteiger partial charge < -0.3 is 5.32 Å². The number of nitrogens with one attached hydrogen (secondary N) is 1. The zero-order valence-electron chi connectivity index (χ0n) is 14.9. The molecule has 0 atom stereocenters. The Morgan fingerprint density at radius 2 is 2.00 bits per heavy atom. The Morgan fingerprint density at radius 3 is 2.78 bits per heavy atom. The van der Waals surface area contributed by atoms with E-state index in [0.717, 1.165) is 19.5 Å². The van der Waals surface area contributed by atoms with Crippen LogP contribution in [0.1, 0.15) is 74.8 Å². The molecule has 23 heavy (non-hydrogen) atoms. The minimum absolute atomic E-state index is 0.522. The average molecular weight is 310 g/mol. The summed E-state index contributed by atoms with van der Waals surface area (Å²) in [7, 11) is 0. The van der Waals surface area contributed by atoms with Gasteiger partial charge in [-0.3, -0.25) is 4.98 Å². The lowest BCUT2D eigenvalue weighted by atomic mass is 9.88. The highest BCUT2D eigenvalue weighted by Crippen LogP contribution is 2.32. The maximum absolute atomic E-state index is 5.11. The van der Waals surface area contributed by atoms with E-state index >= 15 is 0 Å². The lowest BCUT2D eigenvalue weighted by Gasteiger charge is -2.22. The van der Waals surface area contributed by atoms with Gasteiger partial charge in [-0.25, -0.2) is 0 Å². The van der Waals surface area contributed by atoms with E-state index in [4.69, 9.17) is 4.98 Å². The second kappa shape index (κ2) is 7.44. The van der Waals surface area contributed by atoms with Crippen LogP contribution in [0.15, 0.2) is 18.2 Å². The molecule has 0 amide bonds. The van der Waals surface area contributed by atoms with Crippen LogP contribution < -0.4 is 5.32 Å². The molecule has 2 aromatic rings. The number of rotatable bonds is 6. The Bertz CT molecular complexity index is 673. The molecular weight excluding hydrogens is 280 g/mol. The van der Waals surface area contributed by atoms with Gasteiger partial charge in [0.1, 0.15) is 0 Å². The van der Waals surface area contributed by atoms with E-state index in [9.17, 15) is 0 Å². The summed E-state index contributed by atoms with van der Waals surface area (Å²) >= 11 is 0. The van der Waals surface area contributed by atoms with Crippen LogP contribution in [0.5, 0.6) is 0 Å².